The van der Waals surface area contributed by atoms with Crippen molar-refractivity contribution in [2.75, 3.05) is 17.0 Å². The summed E-state index contributed by atoms with van der Waals surface area (Å²) in [5, 5.41) is 3.49. The summed E-state index contributed by atoms with van der Waals surface area (Å²) in [7, 11) is -3.38. The molecule has 5 nitrogen and oxygen atoms in total. The molecule has 0 aliphatic heterocycles. The van der Waals surface area contributed by atoms with Crippen LogP contribution < -0.4 is 10.0 Å². The molecule has 134 valence electrons. The molecular formula is C18H21ClN2O3S. The van der Waals surface area contributed by atoms with E-state index in [1.165, 1.54) is 6.07 Å². The van der Waals surface area contributed by atoms with Gasteiger partial charge in [0, 0.05) is 22.8 Å². The van der Waals surface area contributed by atoms with E-state index in [1.807, 2.05) is 18.2 Å². The largest absolute Gasteiger partial charge is 0.352 e. The first-order chi connectivity index (χ1) is 11.9. The minimum absolute atomic E-state index is 0.0447. The summed E-state index contributed by atoms with van der Waals surface area (Å²) in [6.45, 7) is 2.26. The monoisotopic (exact) mass is 380 g/mol. The van der Waals surface area contributed by atoms with Crippen molar-refractivity contribution >= 4 is 33.2 Å². The number of hydrogen-bond donors (Lipinski definition) is 2. The first-order valence-corrected chi connectivity index (χ1v) is 10.1. The maximum atomic E-state index is 12.2. The summed E-state index contributed by atoms with van der Waals surface area (Å²) in [4.78, 5) is 12.2. The molecule has 7 heteroatoms. The summed E-state index contributed by atoms with van der Waals surface area (Å²) in [5.41, 5.74) is 1.83. The molecule has 0 bridgehead atoms. The lowest BCUT2D eigenvalue weighted by atomic mass is 10.1. The van der Waals surface area contributed by atoms with Gasteiger partial charge in [0.25, 0.3) is 5.91 Å². The number of carbonyl (C=O) groups is 1. The Labute approximate surface area is 153 Å². The van der Waals surface area contributed by atoms with Gasteiger partial charge in [0.1, 0.15) is 0 Å². The topological polar surface area (TPSA) is 75.3 Å². The van der Waals surface area contributed by atoms with Gasteiger partial charge in [-0.3, -0.25) is 9.52 Å². The molecule has 0 heterocycles. The maximum Gasteiger partial charge on any atom is 0.251 e. The smallest absolute Gasteiger partial charge is 0.251 e. The van der Waals surface area contributed by atoms with Crippen LogP contribution in [-0.2, 0) is 16.4 Å². The number of hydrogen-bond acceptors (Lipinski definition) is 3. The van der Waals surface area contributed by atoms with Gasteiger partial charge < -0.3 is 5.32 Å². The SMILES string of the molecule is CCCS(=O)(=O)Nc1cccc(C(=O)NCCc2cccc(Cl)c2)c1. The number of halogens is 1. The van der Waals surface area contributed by atoms with Gasteiger partial charge >= 0.3 is 0 Å². The van der Waals surface area contributed by atoms with Crippen LogP contribution in [-0.4, -0.2) is 26.6 Å². The van der Waals surface area contributed by atoms with Crippen LogP contribution in [0.25, 0.3) is 0 Å². The maximum absolute atomic E-state index is 12.2. The predicted octanol–water partition coefficient (Wildman–Crippen LogP) is 3.46. The highest BCUT2D eigenvalue weighted by atomic mass is 35.5. The Morgan fingerprint density at radius 2 is 1.88 bits per heavy atom. The summed E-state index contributed by atoms with van der Waals surface area (Å²) in [5.74, 6) is -0.207. The normalized spacial score (nSPS) is 11.1. The van der Waals surface area contributed by atoms with Gasteiger partial charge in [0.15, 0.2) is 0 Å². The van der Waals surface area contributed by atoms with Gasteiger partial charge in [-0.25, -0.2) is 8.42 Å². The number of anilines is 1. The van der Waals surface area contributed by atoms with E-state index in [-0.39, 0.29) is 11.7 Å². The van der Waals surface area contributed by atoms with Crippen LogP contribution in [0.15, 0.2) is 48.5 Å². The molecule has 0 saturated heterocycles. The number of carbonyl (C=O) groups excluding carboxylic acids is 1. The zero-order valence-corrected chi connectivity index (χ0v) is 15.5. The van der Waals surface area contributed by atoms with Crippen molar-refractivity contribution in [3.63, 3.8) is 0 Å². The van der Waals surface area contributed by atoms with E-state index in [2.05, 4.69) is 10.0 Å². The Morgan fingerprint density at radius 3 is 2.60 bits per heavy atom. The minimum Gasteiger partial charge on any atom is -0.352 e. The van der Waals surface area contributed by atoms with Crippen LogP contribution in [0.4, 0.5) is 5.69 Å². The molecule has 0 fully saturated rings. The van der Waals surface area contributed by atoms with Crippen LogP contribution in [0.5, 0.6) is 0 Å². The molecule has 1 amide bonds. The molecule has 0 spiro atoms. The zero-order chi connectivity index (χ0) is 18.3. The van der Waals surface area contributed by atoms with Crippen LogP contribution in [0, 0.1) is 0 Å². The Bertz CT molecular complexity index is 838. The number of amides is 1. The summed E-state index contributed by atoms with van der Waals surface area (Å²) >= 11 is 5.93. The quantitative estimate of drug-likeness (QED) is 0.736. The fraction of sp³-hybridized carbons (Fsp3) is 0.278. The lowest BCUT2D eigenvalue weighted by molar-refractivity contribution is 0.0954. The van der Waals surface area contributed by atoms with E-state index >= 15 is 0 Å². The third-order valence-electron chi connectivity index (χ3n) is 3.46. The molecule has 0 saturated carbocycles. The Morgan fingerprint density at radius 1 is 1.12 bits per heavy atom. The van der Waals surface area contributed by atoms with Gasteiger partial charge in [-0.05, 0) is 48.7 Å². The fourth-order valence-electron chi connectivity index (χ4n) is 2.34. The van der Waals surface area contributed by atoms with E-state index < -0.39 is 10.0 Å². The number of rotatable bonds is 8. The first-order valence-electron chi connectivity index (χ1n) is 8.03. The van der Waals surface area contributed by atoms with E-state index in [4.69, 9.17) is 11.6 Å². The van der Waals surface area contributed by atoms with Crippen molar-refractivity contribution < 1.29 is 13.2 Å². The van der Waals surface area contributed by atoms with Crippen LogP contribution in [0.3, 0.4) is 0 Å². The second-order valence-electron chi connectivity index (χ2n) is 5.64. The summed E-state index contributed by atoms with van der Waals surface area (Å²) < 4.78 is 26.1. The highest BCUT2D eigenvalue weighted by Gasteiger charge is 2.11. The molecule has 0 atom stereocenters. The van der Waals surface area contributed by atoms with Gasteiger partial charge in [0.2, 0.25) is 10.0 Å². The lowest BCUT2D eigenvalue weighted by Crippen LogP contribution is -2.26. The summed E-state index contributed by atoms with van der Waals surface area (Å²) in [6.07, 6.45) is 1.19. The van der Waals surface area contributed by atoms with Gasteiger partial charge in [-0.1, -0.05) is 36.7 Å². The van der Waals surface area contributed by atoms with Crippen LogP contribution in [0.2, 0.25) is 5.02 Å². The minimum atomic E-state index is -3.38. The Hall–Kier alpha value is -2.05. The Balaban J connectivity index is 1.94. The highest BCUT2D eigenvalue weighted by Crippen LogP contribution is 2.13. The molecule has 0 aliphatic rings. The van der Waals surface area contributed by atoms with Gasteiger partial charge in [0.05, 0.1) is 5.75 Å². The molecule has 25 heavy (non-hydrogen) atoms. The zero-order valence-electron chi connectivity index (χ0n) is 14.0. The standard InChI is InChI=1S/C18H21ClN2O3S/c1-2-11-25(23,24)21-17-8-4-6-15(13-17)18(22)20-10-9-14-5-3-7-16(19)12-14/h3-8,12-13,21H,2,9-11H2,1H3,(H,20,22). The third-order valence-corrected chi connectivity index (χ3v) is 5.19. The van der Waals surface area contributed by atoms with Crippen molar-refractivity contribution in [3.8, 4) is 0 Å². The molecule has 0 aromatic heterocycles. The van der Waals surface area contributed by atoms with Gasteiger partial charge in [-0.15, -0.1) is 0 Å². The van der Waals surface area contributed by atoms with Crippen molar-refractivity contribution in [1.29, 1.82) is 0 Å². The van der Waals surface area contributed by atoms with Crippen molar-refractivity contribution in [2.45, 2.75) is 19.8 Å². The van der Waals surface area contributed by atoms with E-state index in [0.717, 1.165) is 5.56 Å². The van der Waals surface area contributed by atoms with E-state index in [0.29, 0.717) is 35.7 Å². The molecule has 0 aliphatic carbocycles. The van der Waals surface area contributed by atoms with E-state index in [1.54, 1.807) is 31.2 Å². The van der Waals surface area contributed by atoms with Crippen molar-refractivity contribution in [1.82, 2.24) is 5.32 Å². The van der Waals surface area contributed by atoms with Crippen LogP contribution >= 0.6 is 11.6 Å². The van der Waals surface area contributed by atoms with Gasteiger partial charge in [-0.2, -0.15) is 0 Å². The highest BCUT2D eigenvalue weighted by molar-refractivity contribution is 7.92. The lowest BCUT2D eigenvalue weighted by Gasteiger charge is -2.09. The molecule has 2 N–H and O–H groups in total. The molecule has 2 aromatic carbocycles. The number of nitrogens with one attached hydrogen (secondary N) is 2. The predicted molar refractivity (Wildman–Crippen MR) is 102 cm³/mol. The second-order valence-corrected chi connectivity index (χ2v) is 7.92. The first kappa shape index (κ1) is 19.3. The fourth-order valence-corrected chi connectivity index (χ4v) is 3.68. The molecule has 0 unspecified atom stereocenters. The number of sulfonamides is 1. The molecule has 2 aromatic rings. The van der Waals surface area contributed by atoms with Crippen molar-refractivity contribution in [2.24, 2.45) is 0 Å². The average Bonchev–Trinajstić information content (AvgIpc) is 2.54. The summed E-state index contributed by atoms with van der Waals surface area (Å²) in [6, 6.07) is 13.9. The number of benzene rings is 2. The molecule has 0 radical (unpaired) electrons. The average molecular weight is 381 g/mol. The third kappa shape index (κ3) is 6.40. The van der Waals surface area contributed by atoms with Crippen LogP contribution in [0.1, 0.15) is 29.3 Å². The molecule has 2 rings (SSSR count). The second kappa shape index (κ2) is 8.87. The van der Waals surface area contributed by atoms with E-state index in [9.17, 15) is 13.2 Å². The van der Waals surface area contributed by atoms with Crippen molar-refractivity contribution in [3.05, 3.63) is 64.7 Å². The Kier molecular flexibility index (Phi) is 6.84. The molecular weight excluding hydrogens is 360 g/mol.